The SMILES string of the molecule is CCCN1CCOc2ccc(NCc3ccc(CCC(=O)O)c(F)c3)cc21. The average molecular weight is 372 g/mol. The number of aryl methyl sites for hydroxylation is 1. The molecule has 0 spiro atoms. The number of nitrogens with one attached hydrogen (secondary N) is 1. The van der Waals surface area contributed by atoms with Crippen molar-refractivity contribution in [3.8, 4) is 5.75 Å². The van der Waals surface area contributed by atoms with Crippen molar-refractivity contribution in [3.63, 3.8) is 0 Å². The number of carboxylic acid groups (broad SMARTS) is 1. The van der Waals surface area contributed by atoms with Crippen LogP contribution in [0, 0.1) is 5.82 Å². The van der Waals surface area contributed by atoms with Crippen molar-refractivity contribution in [2.24, 2.45) is 0 Å². The Bertz CT molecular complexity index is 810. The highest BCUT2D eigenvalue weighted by atomic mass is 19.1. The Balaban J connectivity index is 1.65. The molecule has 0 fully saturated rings. The summed E-state index contributed by atoms with van der Waals surface area (Å²) in [6.07, 6.45) is 1.21. The number of aliphatic carboxylic acids is 1. The number of hydrogen-bond donors (Lipinski definition) is 2. The average Bonchev–Trinajstić information content (AvgIpc) is 2.66. The Morgan fingerprint density at radius 2 is 2.15 bits per heavy atom. The van der Waals surface area contributed by atoms with Crippen LogP contribution in [0.2, 0.25) is 0 Å². The summed E-state index contributed by atoms with van der Waals surface area (Å²) >= 11 is 0. The standard InChI is InChI=1S/C21H25FN2O3/c1-2-9-24-10-11-27-20-7-6-17(13-19(20)24)23-14-15-3-4-16(18(22)12-15)5-8-21(25)26/h3-4,6-7,12-13,23H,2,5,8-11,14H2,1H3,(H,25,26). The molecule has 0 amide bonds. The van der Waals surface area contributed by atoms with E-state index in [1.807, 2.05) is 18.2 Å². The quantitative estimate of drug-likeness (QED) is 0.732. The predicted octanol–water partition coefficient (Wildman–Crippen LogP) is 4.06. The Kier molecular flexibility index (Phi) is 6.16. The summed E-state index contributed by atoms with van der Waals surface area (Å²) in [5.74, 6) is -0.383. The zero-order valence-corrected chi connectivity index (χ0v) is 15.5. The number of ether oxygens (including phenoxy) is 1. The van der Waals surface area contributed by atoms with E-state index in [1.54, 1.807) is 6.07 Å². The molecular formula is C21H25FN2O3. The smallest absolute Gasteiger partial charge is 0.303 e. The van der Waals surface area contributed by atoms with Crippen molar-refractivity contribution >= 4 is 17.3 Å². The lowest BCUT2D eigenvalue weighted by Crippen LogP contribution is -2.33. The molecule has 27 heavy (non-hydrogen) atoms. The molecule has 0 radical (unpaired) electrons. The monoisotopic (exact) mass is 372 g/mol. The van der Waals surface area contributed by atoms with E-state index >= 15 is 0 Å². The van der Waals surface area contributed by atoms with Crippen LogP contribution in [0.3, 0.4) is 0 Å². The second-order valence-corrected chi connectivity index (χ2v) is 6.69. The van der Waals surface area contributed by atoms with Crippen molar-refractivity contribution in [3.05, 3.63) is 53.3 Å². The Morgan fingerprint density at radius 3 is 2.89 bits per heavy atom. The van der Waals surface area contributed by atoms with Gasteiger partial charge in [-0.05, 0) is 48.2 Å². The fourth-order valence-electron chi connectivity index (χ4n) is 3.23. The van der Waals surface area contributed by atoms with Crippen LogP contribution in [0.15, 0.2) is 36.4 Å². The van der Waals surface area contributed by atoms with Gasteiger partial charge in [0.25, 0.3) is 0 Å². The first kappa shape index (κ1) is 19.0. The molecule has 144 valence electrons. The minimum Gasteiger partial charge on any atom is -0.490 e. The molecular weight excluding hydrogens is 347 g/mol. The van der Waals surface area contributed by atoms with Crippen molar-refractivity contribution in [1.82, 2.24) is 0 Å². The molecule has 1 aliphatic rings. The largest absolute Gasteiger partial charge is 0.490 e. The lowest BCUT2D eigenvalue weighted by Gasteiger charge is -2.31. The first-order chi connectivity index (χ1) is 13.1. The summed E-state index contributed by atoms with van der Waals surface area (Å²) in [5.41, 5.74) is 3.28. The maximum atomic E-state index is 14.1. The van der Waals surface area contributed by atoms with Crippen LogP contribution in [0.5, 0.6) is 5.75 Å². The molecule has 0 aromatic heterocycles. The molecule has 0 aliphatic carbocycles. The van der Waals surface area contributed by atoms with Gasteiger partial charge in [0.1, 0.15) is 18.2 Å². The van der Waals surface area contributed by atoms with Crippen LogP contribution < -0.4 is 15.0 Å². The molecule has 2 aromatic rings. The van der Waals surface area contributed by atoms with E-state index in [0.29, 0.717) is 18.7 Å². The van der Waals surface area contributed by atoms with Gasteiger partial charge < -0.3 is 20.1 Å². The summed E-state index contributed by atoms with van der Waals surface area (Å²) in [5, 5.41) is 12.0. The molecule has 5 nitrogen and oxygen atoms in total. The highest BCUT2D eigenvalue weighted by Crippen LogP contribution is 2.34. The number of fused-ring (bicyclic) bond motifs is 1. The lowest BCUT2D eigenvalue weighted by molar-refractivity contribution is -0.136. The summed E-state index contributed by atoms with van der Waals surface area (Å²) < 4.78 is 19.9. The van der Waals surface area contributed by atoms with Gasteiger partial charge in [0.05, 0.1) is 12.2 Å². The molecule has 1 heterocycles. The fourth-order valence-corrected chi connectivity index (χ4v) is 3.23. The predicted molar refractivity (Wildman–Crippen MR) is 104 cm³/mol. The Labute approximate surface area is 158 Å². The van der Waals surface area contributed by atoms with E-state index in [2.05, 4.69) is 23.2 Å². The highest BCUT2D eigenvalue weighted by Gasteiger charge is 2.17. The first-order valence-corrected chi connectivity index (χ1v) is 9.31. The number of hydrogen-bond acceptors (Lipinski definition) is 4. The second kappa shape index (κ2) is 8.75. The van der Waals surface area contributed by atoms with Gasteiger partial charge in [0.2, 0.25) is 0 Å². The third-order valence-corrected chi connectivity index (χ3v) is 4.63. The molecule has 0 unspecified atom stereocenters. The highest BCUT2D eigenvalue weighted by molar-refractivity contribution is 5.67. The third-order valence-electron chi connectivity index (χ3n) is 4.63. The van der Waals surface area contributed by atoms with Crippen molar-refractivity contribution < 1.29 is 19.0 Å². The Hall–Kier alpha value is -2.76. The number of rotatable bonds is 8. The second-order valence-electron chi connectivity index (χ2n) is 6.69. The first-order valence-electron chi connectivity index (χ1n) is 9.31. The third kappa shape index (κ3) is 4.90. The van der Waals surface area contributed by atoms with Crippen LogP contribution in [-0.2, 0) is 17.8 Å². The van der Waals surface area contributed by atoms with Crippen LogP contribution in [0.25, 0.3) is 0 Å². The van der Waals surface area contributed by atoms with E-state index in [-0.39, 0.29) is 18.7 Å². The summed E-state index contributed by atoms with van der Waals surface area (Å²) in [7, 11) is 0. The molecule has 0 saturated heterocycles. The minimum atomic E-state index is -0.923. The molecule has 2 aromatic carbocycles. The number of halogens is 1. The maximum absolute atomic E-state index is 14.1. The van der Waals surface area contributed by atoms with E-state index < -0.39 is 5.97 Å². The van der Waals surface area contributed by atoms with Gasteiger partial charge in [-0.3, -0.25) is 4.79 Å². The van der Waals surface area contributed by atoms with Crippen LogP contribution >= 0.6 is 0 Å². The summed E-state index contributed by atoms with van der Waals surface area (Å²) in [6.45, 7) is 5.22. The molecule has 2 N–H and O–H groups in total. The molecule has 0 atom stereocenters. The molecule has 3 rings (SSSR count). The van der Waals surface area contributed by atoms with E-state index in [1.165, 1.54) is 6.07 Å². The van der Waals surface area contributed by atoms with Crippen molar-refractivity contribution in [1.29, 1.82) is 0 Å². The number of carboxylic acids is 1. The summed E-state index contributed by atoms with van der Waals surface area (Å²) in [6, 6.07) is 11.0. The Morgan fingerprint density at radius 1 is 1.30 bits per heavy atom. The van der Waals surface area contributed by atoms with Gasteiger partial charge in [-0.25, -0.2) is 4.39 Å². The number of carbonyl (C=O) groups is 1. The van der Waals surface area contributed by atoms with E-state index in [9.17, 15) is 9.18 Å². The number of benzene rings is 2. The normalized spacial score (nSPS) is 13.0. The molecule has 6 heteroatoms. The molecule has 1 aliphatic heterocycles. The van der Waals surface area contributed by atoms with E-state index in [0.717, 1.165) is 42.2 Å². The van der Waals surface area contributed by atoms with Crippen molar-refractivity contribution in [2.45, 2.75) is 32.7 Å². The van der Waals surface area contributed by atoms with Gasteiger partial charge in [-0.15, -0.1) is 0 Å². The maximum Gasteiger partial charge on any atom is 0.303 e. The van der Waals surface area contributed by atoms with Crippen molar-refractivity contribution in [2.75, 3.05) is 29.9 Å². The van der Waals surface area contributed by atoms with Gasteiger partial charge >= 0.3 is 5.97 Å². The topological polar surface area (TPSA) is 61.8 Å². The molecule has 0 saturated carbocycles. The minimum absolute atomic E-state index is 0.0695. The zero-order chi connectivity index (χ0) is 19.2. The van der Waals surface area contributed by atoms with Crippen LogP contribution in [0.4, 0.5) is 15.8 Å². The van der Waals surface area contributed by atoms with Gasteiger partial charge in [0.15, 0.2) is 0 Å². The zero-order valence-electron chi connectivity index (χ0n) is 15.5. The fraction of sp³-hybridized carbons (Fsp3) is 0.381. The van der Waals surface area contributed by atoms with Crippen LogP contribution in [0.1, 0.15) is 30.9 Å². The van der Waals surface area contributed by atoms with Gasteiger partial charge in [-0.2, -0.15) is 0 Å². The molecule has 0 bridgehead atoms. The number of nitrogens with zero attached hydrogens (tertiary/aromatic N) is 1. The van der Waals surface area contributed by atoms with E-state index in [4.69, 9.17) is 9.84 Å². The van der Waals surface area contributed by atoms with Gasteiger partial charge in [0, 0.05) is 25.2 Å². The van der Waals surface area contributed by atoms with Crippen LogP contribution in [-0.4, -0.2) is 30.8 Å². The summed E-state index contributed by atoms with van der Waals surface area (Å²) in [4.78, 5) is 13.0. The van der Waals surface area contributed by atoms with Gasteiger partial charge in [-0.1, -0.05) is 19.1 Å². The number of anilines is 2. The lowest BCUT2D eigenvalue weighted by atomic mass is 10.1.